The third kappa shape index (κ3) is 3.86. The summed E-state index contributed by atoms with van der Waals surface area (Å²) in [5, 5.41) is 12.6. The molecule has 0 spiro atoms. The number of pyridine rings is 3. The Kier molecular flexibility index (Phi) is 4.72. The van der Waals surface area contributed by atoms with Crippen LogP contribution in [0.3, 0.4) is 0 Å². The highest BCUT2D eigenvalue weighted by Crippen LogP contribution is 2.26. The van der Waals surface area contributed by atoms with Gasteiger partial charge in [-0.2, -0.15) is 9.65 Å². The standard InChI is InChI=1S/C22H17FN6O/c1-22(2,12-24)29-21(30)17-5-3-4-16(27-17)15-8-14-9-18(28-20(14)26-11-15)13-6-7-19(23)25-10-13/h3-11H,1-2H3,(H,26,28)(H,29,30). The van der Waals surface area contributed by atoms with Gasteiger partial charge in [-0.1, -0.05) is 6.07 Å². The van der Waals surface area contributed by atoms with Gasteiger partial charge >= 0.3 is 0 Å². The summed E-state index contributed by atoms with van der Waals surface area (Å²) in [6.45, 7) is 3.24. The minimum atomic E-state index is -0.994. The number of hydrogen-bond donors (Lipinski definition) is 2. The number of halogens is 1. The number of nitrogens with zero attached hydrogens (tertiary/aromatic N) is 4. The Hall–Kier alpha value is -4.12. The van der Waals surface area contributed by atoms with Crippen molar-refractivity contribution in [3.05, 3.63) is 66.5 Å². The van der Waals surface area contributed by atoms with Crippen LogP contribution in [-0.4, -0.2) is 31.4 Å². The highest BCUT2D eigenvalue weighted by molar-refractivity contribution is 5.94. The zero-order valence-corrected chi connectivity index (χ0v) is 16.3. The third-order valence-corrected chi connectivity index (χ3v) is 4.49. The Balaban J connectivity index is 1.66. The summed E-state index contributed by atoms with van der Waals surface area (Å²) in [5.74, 6) is -0.964. The zero-order valence-electron chi connectivity index (χ0n) is 16.3. The molecule has 30 heavy (non-hydrogen) atoms. The van der Waals surface area contributed by atoms with Crippen LogP contribution in [0, 0.1) is 17.3 Å². The number of carbonyl (C=O) groups is 1. The molecule has 4 aromatic heterocycles. The third-order valence-electron chi connectivity index (χ3n) is 4.49. The van der Waals surface area contributed by atoms with Gasteiger partial charge in [0.05, 0.1) is 11.8 Å². The molecule has 4 aromatic rings. The van der Waals surface area contributed by atoms with Crippen molar-refractivity contribution in [2.24, 2.45) is 0 Å². The van der Waals surface area contributed by atoms with Crippen LogP contribution >= 0.6 is 0 Å². The second-order valence-electron chi connectivity index (χ2n) is 7.31. The highest BCUT2D eigenvalue weighted by atomic mass is 19.1. The Morgan fingerprint density at radius 3 is 2.67 bits per heavy atom. The maximum Gasteiger partial charge on any atom is 0.271 e. The average Bonchev–Trinajstić information content (AvgIpc) is 3.17. The summed E-state index contributed by atoms with van der Waals surface area (Å²) in [6.07, 6.45) is 3.11. The molecule has 0 aromatic carbocycles. The normalized spacial score (nSPS) is 11.3. The summed E-state index contributed by atoms with van der Waals surface area (Å²) in [5.41, 5.74) is 2.71. The summed E-state index contributed by atoms with van der Waals surface area (Å²) >= 11 is 0. The predicted octanol–water partition coefficient (Wildman–Crippen LogP) is 3.86. The molecule has 0 atom stereocenters. The summed E-state index contributed by atoms with van der Waals surface area (Å²) in [4.78, 5) is 28.1. The van der Waals surface area contributed by atoms with Crippen molar-refractivity contribution < 1.29 is 9.18 Å². The molecule has 8 heteroatoms. The molecule has 148 valence electrons. The quantitative estimate of drug-likeness (QED) is 0.506. The van der Waals surface area contributed by atoms with Crippen LogP contribution in [0.25, 0.3) is 33.5 Å². The first kappa shape index (κ1) is 19.2. The minimum Gasteiger partial charge on any atom is -0.339 e. The fraction of sp³-hybridized carbons (Fsp3) is 0.136. The summed E-state index contributed by atoms with van der Waals surface area (Å²) in [7, 11) is 0. The van der Waals surface area contributed by atoms with Gasteiger partial charge in [-0.05, 0) is 50.2 Å². The highest BCUT2D eigenvalue weighted by Gasteiger charge is 2.21. The number of rotatable bonds is 4. The van der Waals surface area contributed by atoms with Crippen LogP contribution in [0.1, 0.15) is 24.3 Å². The Morgan fingerprint density at radius 1 is 1.13 bits per heavy atom. The molecular weight excluding hydrogens is 383 g/mol. The molecule has 0 radical (unpaired) electrons. The maximum absolute atomic E-state index is 13.1. The van der Waals surface area contributed by atoms with E-state index in [9.17, 15) is 9.18 Å². The SMILES string of the molecule is CC(C)(C#N)NC(=O)c1cccc(-c2cnc3[nH]c(-c4ccc(F)nc4)cc3c2)n1. The van der Waals surface area contributed by atoms with Crippen LogP contribution in [0.5, 0.6) is 0 Å². The second-order valence-corrected chi connectivity index (χ2v) is 7.31. The van der Waals surface area contributed by atoms with Crippen molar-refractivity contribution in [2.45, 2.75) is 19.4 Å². The van der Waals surface area contributed by atoms with Crippen LogP contribution in [0.15, 0.2) is 54.9 Å². The van der Waals surface area contributed by atoms with Gasteiger partial charge in [-0.3, -0.25) is 4.79 Å². The van der Waals surface area contributed by atoms with Gasteiger partial charge in [0, 0.05) is 34.6 Å². The van der Waals surface area contributed by atoms with Crippen molar-refractivity contribution >= 4 is 16.9 Å². The monoisotopic (exact) mass is 400 g/mol. The number of fused-ring (bicyclic) bond motifs is 1. The molecule has 7 nitrogen and oxygen atoms in total. The first-order valence-corrected chi connectivity index (χ1v) is 9.16. The van der Waals surface area contributed by atoms with E-state index in [1.807, 2.05) is 18.2 Å². The van der Waals surface area contributed by atoms with E-state index in [1.165, 1.54) is 12.3 Å². The van der Waals surface area contributed by atoms with Gasteiger partial charge < -0.3 is 10.3 Å². The van der Waals surface area contributed by atoms with Crippen LogP contribution in [-0.2, 0) is 0 Å². The number of hydrogen-bond acceptors (Lipinski definition) is 5. The first-order chi connectivity index (χ1) is 14.3. The van der Waals surface area contributed by atoms with Crippen molar-refractivity contribution in [3.8, 4) is 28.6 Å². The van der Waals surface area contributed by atoms with Gasteiger partial charge in [0.25, 0.3) is 5.91 Å². The number of carbonyl (C=O) groups excluding carboxylic acids is 1. The Morgan fingerprint density at radius 2 is 1.93 bits per heavy atom. The van der Waals surface area contributed by atoms with E-state index < -0.39 is 17.4 Å². The van der Waals surface area contributed by atoms with Gasteiger partial charge in [-0.15, -0.1) is 0 Å². The van der Waals surface area contributed by atoms with Crippen LogP contribution < -0.4 is 5.32 Å². The van der Waals surface area contributed by atoms with E-state index in [0.717, 1.165) is 22.2 Å². The average molecular weight is 400 g/mol. The first-order valence-electron chi connectivity index (χ1n) is 9.16. The minimum absolute atomic E-state index is 0.211. The molecule has 0 aliphatic rings. The lowest BCUT2D eigenvalue weighted by Gasteiger charge is -2.17. The molecule has 0 aliphatic heterocycles. The molecule has 2 N–H and O–H groups in total. The van der Waals surface area contributed by atoms with Gasteiger partial charge in [0.2, 0.25) is 5.95 Å². The van der Waals surface area contributed by atoms with E-state index >= 15 is 0 Å². The molecular formula is C22H17FN6O. The predicted molar refractivity (Wildman–Crippen MR) is 110 cm³/mol. The van der Waals surface area contributed by atoms with E-state index in [0.29, 0.717) is 11.3 Å². The van der Waals surface area contributed by atoms with Crippen molar-refractivity contribution in [1.82, 2.24) is 25.3 Å². The fourth-order valence-corrected chi connectivity index (χ4v) is 2.94. The van der Waals surface area contributed by atoms with E-state index in [4.69, 9.17) is 5.26 Å². The largest absolute Gasteiger partial charge is 0.339 e. The van der Waals surface area contributed by atoms with E-state index in [-0.39, 0.29) is 5.69 Å². The number of aromatic amines is 1. The molecule has 0 fully saturated rings. The Bertz CT molecular complexity index is 1290. The van der Waals surface area contributed by atoms with Gasteiger partial charge in [-0.25, -0.2) is 15.0 Å². The Labute approximate surface area is 171 Å². The van der Waals surface area contributed by atoms with Crippen molar-refractivity contribution in [3.63, 3.8) is 0 Å². The summed E-state index contributed by atoms with van der Waals surface area (Å²) in [6, 6.07) is 13.9. The van der Waals surface area contributed by atoms with E-state index in [1.54, 1.807) is 44.3 Å². The molecule has 4 heterocycles. The fourth-order valence-electron chi connectivity index (χ4n) is 2.94. The molecule has 4 rings (SSSR count). The van der Waals surface area contributed by atoms with Gasteiger partial charge in [0.1, 0.15) is 16.9 Å². The maximum atomic E-state index is 13.1. The zero-order chi connectivity index (χ0) is 21.3. The smallest absolute Gasteiger partial charge is 0.271 e. The lowest BCUT2D eigenvalue weighted by atomic mass is 10.1. The molecule has 0 saturated carbocycles. The van der Waals surface area contributed by atoms with Crippen molar-refractivity contribution in [2.75, 3.05) is 0 Å². The number of H-pyrrole nitrogens is 1. The topological polar surface area (TPSA) is 107 Å². The molecule has 0 unspecified atom stereocenters. The van der Waals surface area contributed by atoms with E-state index in [2.05, 4.69) is 25.3 Å². The second kappa shape index (κ2) is 7.37. The van der Waals surface area contributed by atoms with Gasteiger partial charge in [0.15, 0.2) is 0 Å². The number of amides is 1. The molecule has 0 aliphatic carbocycles. The number of nitrogens with one attached hydrogen (secondary N) is 2. The lowest BCUT2D eigenvalue weighted by Crippen LogP contribution is -2.42. The number of nitriles is 1. The molecule has 0 bridgehead atoms. The molecule has 1 amide bonds. The van der Waals surface area contributed by atoms with Crippen LogP contribution in [0.4, 0.5) is 4.39 Å². The van der Waals surface area contributed by atoms with Crippen molar-refractivity contribution in [1.29, 1.82) is 5.26 Å². The number of aromatic nitrogens is 4. The molecule has 0 saturated heterocycles. The summed E-state index contributed by atoms with van der Waals surface area (Å²) < 4.78 is 13.1. The van der Waals surface area contributed by atoms with Crippen LogP contribution in [0.2, 0.25) is 0 Å². The lowest BCUT2D eigenvalue weighted by molar-refractivity contribution is 0.0924.